The number of carbonyl (C=O) groups is 2. The maximum absolute atomic E-state index is 12.3. The maximum Gasteiger partial charge on any atom is 0.230 e. The molecule has 0 bridgehead atoms. The van der Waals surface area contributed by atoms with Crippen LogP contribution in [0.2, 0.25) is 0 Å². The van der Waals surface area contributed by atoms with Gasteiger partial charge in [0, 0.05) is 15.8 Å². The van der Waals surface area contributed by atoms with E-state index >= 15 is 0 Å². The van der Waals surface area contributed by atoms with Crippen molar-refractivity contribution in [1.82, 2.24) is 4.98 Å². The highest BCUT2D eigenvalue weighted by atomic mass is 32.2. The van der Waals surface area contributed by atoms with Crippen molar-refractivity contribution in [3.8, 4) is 5.75 Å². The molecule has 0 saturated heterocycles. The molecule has 5 nitrogen and oxygen atoms in total. The van der Waals surface area contributed by atoms with Crippen molar-refractivity contribution in [1.29, 1.82) is 0 Å². The fourth-order valence-electron chi connectivity index (χ4n) is 2.53. The van der Waals surface area contributed by atoms with Gasteiger partial charge in [-0.25, -0.2) is 4.98 Å². The number of ketones is 1. The second-order valence-corrected chi connectivity index (χ2v) is 8.90. The monoisotopic (exact) mass is 444 g/mol. The minimum atomic E-state index is -0.109. The van der Waals surface area contributed by atoms with Gasteiger partial charge in [0.2, 0.25) is 5.91 Å². The molecular weight excluding hydrogens is 424 g/mol. The van der Waals surface area contributed by atoms with E-state index in [2.05, 4.69) is 10.3 Å². The number of hydrogen-bond donors (Lipinski definition) is 1. The second-order valence-electron chi connectivity index (χ2n) is 5.97. The van der Waals surface area contributed by atoms with Crippen LogP contribution in [0, 0.1) is 0 Å². The van der Waals surface area contributed by atoms with Gasteiger partial charge in [-0.15, -0.1) is 23.1 Å². The van der Waals surface area contributed by atoms with Crippen LogP contribution in [0.25, 0.3) is 0 Å². The molecule has 0 unspecified atom stereocenters. The highest BCUT2D eigenvalue weighted by molar-refractivity contribution is 8.01. The van der Waals surface area contributed by atoms with E-state index < -0.39 is 0 Å². The fourth-order valence-corrected chi connectivity index (χ4v) is 4.82. The van der Waals surface area contributed by atoms with E-state index in [1.165, 1.54) is 23.1 Å². The number of benzene rings is 2. The number of para-hydroxylation sites is 1. The smallest absolute Gasteiger partial charge is 0.230 e. The van der Waals surface area contributed by atoms with Gasteiger partial charge in [0.15, 0.2) is 10.1 Å². The molecule has 150 valence electrons. The largest absolute Gasteiger partial charge is 0.497 e. The molecule has 0 fully saturated rings. The molecule has 0 aliphatic rings. The lowest BCUT2D eigenvalue weighted by atomic mass is 10.1. The quantitative estimate of drug-likeness (QED) is 0.369. The Hall–Kier alpha value is -2.29. The average Bonchev–Trinajstić information content (AvgIpc) is 3.19. The number of amides is 1. The summed E-state index contributed by atoms with van der Waals surface area (Å²) < 4.78 is 5.88. The molecular formula is C21H20N2O3S3. The zero-order valence-corrected chi connectivity index (χ0v) is 18.5. The number of Topliss-reactive ketones (excluding diaryl/α,β-unsaturated/α-hetero) is 1. The van der Waals surface area contributed by atoms with E-state index in [0.717, 1.165) is 20.7 Å². The van der Waals surface area contributed by atoms with E-state index in [4.69, 9.17) is 4.74 Å². The summed E-state index contributed by atoms with van der Waals surface area (Å²) >= 11 is 4.41. The molecule has 0 radical (unpaired) electrons. The minimum Gasteiger partial charge on any atom is -0.497 e. The Labute approximate surface area is 182 Å². The molecule has 3 rings (SSSR count). The molecule has 3 aromatic rings. The molecule has 1 amide bonds. The van der Waals surface area contributed by atoms with Gasteiger partial charge >= 0.3 is 0 Å². The third-order valence-electron chi connectivity index (χ3n) is 3.99. The van der Waals surface area contributed by atoms with Gasteiger partial charge in [-0.05, 0) is 42.7 Å². The molecule has 0 saturated carbocycles. The molecule has 1 N–H and O–H groups in total. The lowest BCUT2D eigenvalue weighted by molar-refractivity contribution is -0.115. The Balaban J connectivity index is 1.52. The van der Waals surface area contributed by atoms with Crippen LogP contribution in [0.3, 0.4) is 0 Å². The van der Waals surface area contributed by atoms with E-state index in [-0.39, 0.29) is 18.1 Å². The Morgan fingerprint density at radius 2 is 1.90 bits per heavy atom. The van der Waals surface area contributed by atoms with E-state index in [1.807, 2.05) is 35.9 Å². The van der Waals surface area contributed by atoms with Crippen molar-refractivity contribution in [3.63, 3.8) is 0 Å². The first-order valence-corrected chi connectivity index (χ1v) is 11.9. The number of thioether (sulfide) groups is 2. The summed E-state index contributed by atoms with van der Waals surface area (Å²) in [4.78, 5) is 30.1. The number of methoxy groups -OCH3 is 1. The van der Waals surface area contributed by atoms with Crippen molar-refractivity contribution >= 4 is 52.2 Å². The fraction of sp³-hybridized carbons (Fsp3) is 0.190. The number of anilines is 1. The normalized spacial score (nSPS) is 10.6. The van der Waals surface area contributed by atoms with Gasteiger partial charge < -0.3 is 10.1 Å². The molecule has 0 aliphatic heterocycles. The number of hydrogen-bond acceptors (Lipinski definition) is 7. The van der Waals surface area contributed by atoms with Crippen LogP contribution >= 0.6 is 34.9 Å². The number of nitrogens with one attached hydrogen (secondary N) is 1. The standard InChI is InChI=1S/C21H20N2O3S3/c1-26-16-9-7-14(8-10-16)18(24)13-29-21-22-15(12-28-21)11-20(25)23-17-5-3-4-6-19(17)27-2/h3-10,12H,11,13H2,1-2H3,(H,23,25). The highest BCUT2D eigenvalue weighted by Gasteiger charge is 2.12. The number of carbonyl (C=O) groups excluding carboxylic acids is 2. The molecule has 1 aromatic heterocycles. The van der Waals surface area contributed by atoms with Gasteiger partial charge in [0.05, 0.1) is 30.7 Å². The van der Waals surface area contributed by atoms with Crippen LogP contribution in [-0.4, -0.2) is 35.8 Å². The summed E-state index contributed by atoms with van der Waals surface area (Å²) in [6.45, 7) is 0. The Morgan fingerprint density at radius 3 is 2.62 bits per heavy atom. The van der Waals surface area contributed by atoms with Crippen LogP contribution in [0.5, 0.6) is 5.75 Å². The molecule has 1 heterocycles. The number of rotatable bonds is 9. The van der Waals surface area contributed by atoms with Crippen LogP contribution in [0.4, 0.5) is 5.69 Å². The van der Waals surface area contributed by atoms with Crippen LogP contribution < -0.4 is 10.1 Å². The van der Waals surface area contributed by atoms with E-state index in [0.29, 0.717) is 17.0 Å². The average molecular weight is 445 g/mol. The third-order valence-corrected chi connectivity index (χ3v) is 6.86. The Morgan fingerprint density at radius 1 is 1.14 bits per heavy atom. The SMILES string of the molecule is COc1ccc(C(=O)CSc2nc(CC(=O)Nc3ccccc3SC)cs2)cc1. The molecule has 8 heteroatoms. The van der Waals surface area contributed by atoms with Crippen molar-refractivity contribution in [2.24, 2.45) is 0 Å². The maximum atomic E-state index is 12.3. The summed E-state index contributed by atoms with van der Waals surface area (Å²) in [5.74, 6) is 0.938. The molecule has 0 spiro atoms. The lowest BCUT2D eigenvalue weighted by Gasteiger charge is -2.08. The second kappa shape index (κ2) is 10.5. The first kappa shape index (κ1) is 21.4. The molecule has 0 aliphatic carbocycles. The summed E-state index contributed by atoms with van der Waals surface area (Å²) in [5, 5.41) is 4.80. The number of aromatic nitrogens is 1. The highest BCUT2D eigenvalue weighted by Crippen LogP contribution is 2.26. The number of nitrogens with zero attached hydrogens (tertiary/aromatic N) is 1. The number of thiazole rings is 1. The number of ether oxygens (including phenoxy) is 1. The third kappa shape index (κ3) is 6.09. The Bertz CT molecular complexity index is 987. The molecule has 29 heavy (non-hydrogen) atoms. The van der Waals surface area contributed by atoms with Crippen LogP contribution in [0.1, 0.15) is 16.1 Å². The Kier molecular flexibility index (Phi) is 7.74. The first-order chi connectivity index (χ1) is 14.1. The summed E-state index contributed by atoms with van der Waals surface area (Å²) in [7, 11) is 1.59. The van der Waals surface area contributed by atoms with Gasteiger partial charge in [-0.3, -0.25) is 9.59 Å². The molecule has 2 aromatic carbocycles. The van der Waals surface area contributed by atoms with Crippen LogP contribution in [0.15, 0.2) is 63.1 Å². The van der Waals surface area contributed by atoms with Gasteiger partial charge in [-0.1, -0.05) is 23.9 Å². The van der Waals surface area contributed by atoms with E-state index in [1.54, 1.807) is 43.1 Å². The summed E-state index contributed by atoms with van der Waals surface area (Å²) in [6, 6.07) is 14.7. The van der Waals surface area contributed by atoms with Crippen molar-refractivity contribution in [2.75, 3.05) is 24.4 Å². The predicted molar refractivity (Wildman–Crippen MR) is 121 cm³/mol. The van der Waals surface area contributed by atoms with Gasteiger partial charge in [-0.2, -0.15) is 0 Å². The topological polar surface area (TPSA) is 68.3 Å². The minimum absolute atomic E-state index is 0.0285. The lowest BCUT2D eigenvalue weighted by Crippen LogP contribution is -2.15. The molecule has 0 atom stereocenters. The summed E-state index contributed by atoms with van der Waals surface area (Å²) in [6.07, 6.45) is 2.17. The zero-order chi connectivity index (χ0) is 20.6. The first-order valence-electron chi connectivity index (χ1n) is 8.76. The van der Waals surface area contributed by atoms with Crippen molar-refractivity contribution in [3.05, 3.63) is 65.2 Å². The van der Waals surface area contributed by atoms with Crippen LogP contribution in [-0.2, 0) is 11.2 Å². The van der Waals surface area contributed by atoms with Gasteiger partial charge in [0.25, 0.3) is 0 Å². The zero-order valence-electron chi connectivity index (χ0n) is 16.0. The van der Waals surface area contributed by atoms with E-state index in [9.17, 15) is 9.59 Å². The summed E-state index contributed by atoms with van der Waals surface area (Å²) in [5.41, 5.74) is 2.15. The van der Waals surface area contributed by atoms with Crippen molar-refractivity contribution < 1.29 is 14.3 Å². The van der Waals surface area contributed by atoms with Crippen molar-refractivity contribution in [2.45, 2.75) is 15.7 Å². The predicted octanol–water partition coefficient (Wildman–Crippen LogP) is 5.03. The van der Waals surface area contributed by atoms with Gasteiger partial charge in [0.1, 0.15) is 5.75 Å².